The lowest BCUT2D eigenvalue weighted by atomic mass is 9.98. The molecule has 0 bridgehead atoms. The summed E-state index contributed by atoms with van der Waals surface area (Å²) in [5.74, 6) is 2.41. The first-order valence-corrected chi connectivity index (χ1v) is 6.76. The average Bonchev–Trinajstić information content (AvgIpc) is 3.09. The predicted octanol–water partition coefficient (Wildman–Crippen LogP) is 0.509. The van der Waals surface area contributed by atoms with Gasteiger partial charge in [-0.2, -0.15) is 5.10 Å². The van der Waals surface area contributed by atoms with E-state index in [2.05, 4.69) is 24.8 Å². The molecule has 4 heterocycles. The Labute approximate surface area is 115 Å². The number of rotatable bonds is 2. The fraction of sp³-hybridized carbons (Fsp3) is 0.385. The van der Waals surface area contributed by atoms with E-state index in [1.165, 1.54) is 0 Å². The Morgan fingerprint density at radius 3 is 3.15 bits per heavy atom. The molecular formula is C13H15N7. The van der Waals surface area contributed by atoms with Crippen LogP contribution in [0.4, 0.5) is 0 Å². The van der Waals surface area contributed by atoms with Gasteiger partial charge in [0.2, 0.25) is 0 Å². The molecule has 0 saturated heterocycles. The van der Waals surface area contributed by atoms with Gasteiger partial charge in [0.05, 0.1) is 23.5 Å². The maximum atomic E-state index is 5.76. The molecule has 0 radical (unpaired) electrons. The smallest absolute Gasteiger partial charge is 0.167 e. The summed E-state index contributed by atoms with van der Waals surface area (Å²) in [6, 6.07) is 0. The average molecular weight is 269 g/mol. The van der Waals surface area contributed by atoms with Gasteiger partial charge in [-0.3, -0.25) is 4.98 Å². The fourth-order valence-corrected chi connectivity index (χ4v) is 2.80. The Hall–Kier alpha value is -2.28. The van der Waals surface area contributed by atoms with Crippen LogP contribution < -0.4 is 5.73 Å². The quantitative estimate of drug-likeness (QED) is 0.732. The Morgan fingerprint density at radius 2 is 2.25 bits per heavy atom. The van der Waals surface area contributed by atoms with Crippen molar-refractivity contribution in [3.63, 3.8) is 0 Å². The molecule has 7 nitrogen and oxygen atoms in total. The van der Waals surface area contributed by atoms with Crippen molar-refractivity contribution in [3.05, 3.63) is 30.6 Å². The zero-order chi connectivity index (χ0) is 13.5. The first kappa shape index (κ1) is 11.5. The summed E-state index contributed by atoms with van der Waals surface area (Å²) in [6.07, 6.45) is 9.15. The highest BCUT2D eigenvalue weighted by atomic mass is 15.3. The van der Waals surface area contributed by atoms with Crippen LogP contribution in [-0.4, -0.2) is 35.9 Å². The molecule has 1 atom stereocenters. The summed E-state index contributed by atoms with van der Waals surface area (Å²) >= 11 is 0. The molecule has 2 N–H and O–H groups in total. The molecule has 1 unspecified atom stereocenters. The summed E-state index contributed by atoms with van der Waals surface area (Å²) in [7, 11) is 0. The Kier molecular flexibility index (Phi) is 2.53. The van der Waals surface area contributed by atoms with Crippen molar-refractivity contribution < 1.29 is 0 Å². The molecule has 102 valence electrons. The van der Waals surface area contributed by atoms with Crippen LogP contribution in [0.15, 0.2) is 24.8 Å². The monoisotopic (exact) mass is 269 g/mol. The van der Waals surface area contributed by atoms with E-state index in [1.54, 1.807) is 16.9 Å². The zero-order valence-electron chi connectivity index (χ0n) is 11.0. The van der Waals surface area contributed by atoms with Crippen molar-refractivity contribution in [1.82, 2.24) is 29.4 Å². The molecule has 0 spiro atoms. The normalized spacial score (nSPS) is 18.4. The summed E-state index contributed by atoms with van der Waals surface area (Å²) in [5.41, 5.74) is 7.68. The van der Waals surface area contributed by atoms with E-state index in [0.29, 0.717) is 12.5 Å². The van der Waals surface area contributed by atoms with Gasteiger partial charge in [0, 0.05) is 25.4 Å². The molecule has 3 aromatic heterocycles. The number of hydrogen-bond acceptors (Lipinski definition) is 5. The van der Waals surface area contributed by atoms with Gasteiger partial charge in [-0.25, -0.2) is 4.52 Å². The molecule has 20 heavy (non-hydrogen) atoms. The van der Waals surface area contributed by atoms with E-state index in [9.17, 15) is 0 Å². The van der Waals surface area contributed by atoms with E-state index in [4.69, 9.17) is 5.73 Å². The highest BCUT2D eigenvalue weighted by Crippen LogP contribution is 2.27. The Morgan fingerprint density at radius 1 is 1.30 bits per heavy atom. The van der Waals surface area contributed by atoms with Gasteiger partial charge in [0.15, 0.2) is 5.82 Å². The lowest BCUT2D eigenvalue weighted by molar-refractivity contribution is 0.391. The van der Waals surface area contributed by atoms with Crippen LogP contribution in [0.5, 0.6) is 0 Å². The molecule has 0 amide bonds. The van der Waals surface area contributed by atoms with E-state index < -0.39 is 0 Å². The number of nitrogens with two attached hydrogens (primary N) is 1. The van der Waals surface area contributed by atoms with Gasteiger partial charge in [-0.15, -0.1) is 10.2 Å². The number of nitrogens with zero attached hydrogens (tertiary/aromatic N) is 6. The molecule has 7 heteroatoms. The van der Waals surface area contributed by atoms with Gasteiger partial charge in [-0.05, 0) is 18.9 Å². The number of fused-ring (bicyclic) bond motifs is 2. The third-order valence-corrected chi connectivity index (χ3v) is 3.96. The third-order valence-electron chi connectivity index (χ3n) is 3.96. The van der Waals surface area contributed by atoms with Crippen LogP contribution in [0.3, 0.4) is 0 Å². The lowest BCUT2D eigenvalue weighted by Gasteiger charge is -2.22. The first-order chi connectivity index (χ1) is 9.86. The second-order valence-electron chi connectivity index (χ2n) is 5.15. The van der Waals surface area contributed by atoms with Crippen LogP contribution in [0.1, 0.15) is 12.2 Å². The largest absolute Gasteiger partial charge is 0.330 e. The van der Waals surface area contributed by atoms with Crippen molar-refractivity contribution in [2.75, 3.05) is 6.54 Å². The molecule has 1 aliphatic rings. The van der Waals surface area contributed by atoms with Crippen LogP contribution in [0, 0.1) is 5.92 Å². The maximum absolute atomic E-state index is 5.76. The van der Waals surface area contributed by atoms with E-state index in [-0.39, 0.29) is 0 Å². The first-order valence-electron chi connectivity index (χ1n) is 6.76. The van der Waals surface area contributed by atoms with E-state index >= 15 is 0 Å². The van der Waals surface area contributed by atoms with Crippen LogP contribution in [0.2, 0.25) is 0 Å². The molecule has 0 aliphatic carbocycles. The summed E-state index contributed by atoms with van der Waals surface area (Å²) < 4.78 is 3.98. The minimum Gasteiger partial charge on any atom is -0.330 e. The second-order valence-corrected chi connectivity index (χ2v) is 5.15. The summed E-state index contributed by atoms with van der Waals surface area (Å²) in [6.45, 7) is 1.62. The van der Waals surface area contributed by atoms with Gasteiger partial charge >= 0.3 is 0 Å². The predicted molar refractivity (Wildman–Crippen MR) is 72.9 cm³/mol. The number of aromatic nitrogens is 6. The van der Waals surface area contributed by atoms with Crippen LogP contribution in [0.25, 0.3) is 16.9 Å². The molecule has 0 saturated carbocycles. The van der Waals surface area contributed by atoms with Crippen molar-refractivity contribution in [2.45, 2.75) is 19.4 Å². The van der Waals surface area contributed by atoms with Gasteiger partial charge in [0.25, 0.3) is 0 Å². The maximum Gasteiger partial charge on any atom is 0.167 e. The van der Waals surface area contributed by atoms with E-state index in [0.717, 1.165) is 42.1 Å². The van der Waals surface area contributed by atoms with Gasteiger partial charge in [0.1, 0.15) is 5.82 Å². The lowest BCUT2D eigenvalue weighted by Crippen LogP contribution is -2.25. The highest BCUT2D eigenvalue weighted by molar-refractivity contribution is 5.75. The molecule has 0 fully saturated rings. The van der Waals surface area contributed by atoms with Crippen molar-refractivity contribution in [2.24, 2.45) is 11.7 Å². The Bertz CT molecular complexity index is 757. The topological polar surface area (TPSA) is 86.9 Å². The fourth-order valence-electron chi connectivity index (χ4n) is 2.80. The van der Waals surface area contributed by atoms with Gasteiger partial charge < -0.3 is 10.3 Å². The highest BCUT2D eigenvalue weighted by Gasteiger charge is 2.24. The van der Waals surface area contributed by atoms with Crippen LogP contribution >= 0.6 is 0 Å². The molecule has 1 aliphatic heterocycles. The summed E-state index contributed by atoms with van der Waals surface area (Å²) in [4.78, 5) is 4.16. The minimum atomic E-state index is 0.519. The van der Waals surface area contributed by atoms with Crippen molar-refractivity contribution in [3.8, 4) is 11.4 Å². The standard InChI is InChI=1S/C13H15N7/c14-6-9-1-3-19-12(5-9)17-18-13(19)10-7-16-20-4-2-15-8-11(10)20/h2,4,7-9H,1,3,5-6,14H2. The van der Waals surface area contributed by atoms with E-state index in [1.807, 2.05) is 12.4 Å². The second kappa shape index (κ2) is 4.38. The minimum absolute atomic E-state index is 0.519. The number of hydrogen-bond donors (Lipinski definition) is 1. The molecule has 0 aromatic carbocycles. The Balaban J connectivity index is 1.82. The summed E-state index contributed by atoms with van der Waals surface area (Å²) in [5, 5.41) is 13.0. The third kappa shape index (κ3) is 1.63. The molecule has 3 aromatic rings. The molecular weight excluding hydrogens is 254 g/mol. The zero-order valence-corrected chi connectivity index (χ0v) is 11.0. The molecule has 4 rings (SSSR count). The van der Waals surface area contributed by atoms with Gasteiger partial charge in [-0.1, -0.05) is 0 Å². The SMILES string of the molecule is NCC1CCn2c(nnc2-c2cnn3ccncc23)C1. The van der Waals surface area contributed by atoms with Crippen molar-refractivity contribution >= 4 is 5.52 Å². The van der Waals surface area contributed by atoms with Crippen molar-refractivity contribution in [1.29, 1.82) is 0 Å². The van der Waals surface area contributed by atoms with Crippen LogP contribution in [-0.2, 0) is 13.0 Å².